The smallest absolute Gasteiger partial charge is 0.326 e. The zero-order valence-corrected chi connectivity index (χ0v) is 18.9. The van der Waals surface area contributed by atoms with E-state index >= 15 is 0 Å². The van der Waals surface area contributed by atoms with Crippen LogP contribution in [0.5, 0.6) is 0 Å². The van der Waals surface area contributed by atoms with Gasteiger partial charge >= 0.3 is 5.97 Å². The quantitative estimate of drug-likeness (QED) is 0.176. The third-order valence-corrected chi connectivity index (χ3v) is 5.93. The Kier molecular flexibility index (Phi) is 9.31. The maximum atomic E-state index is 12.9. The van der Waals surface area contributed by atoms with Gasteiger partial charge in [0.2, 0.25) is 5.91 Å². The number of ketones is 1. The van der Waals surface area contributed by atoms with Crippen molar-refractivity contribution in [1.82, 2.24) is 10.8 Å². The van der Waals surface area contributed by atoms with Gasteiger partial charge in [0.05, 0.1) is 12.5 Å². The van der Waals surface area contributed by atoms with Crippen molar-refractivity contribution in [2.75, 3.05) is 6.54 Å². The van der Waals surface area contributed by atoms with E-state index in [0.717, 1.165) is 18.4 Å². The summed E-state index contributed by atoms with van der Waals surface area (Å²) in [5, 5.41) is 21.1. The first-order chi connectivity index (χ1) is 16.5. The fraction of sp³-hybridized carbons (Fsp3) is 0.296. The highest BCUT2D eigenvalue weighted by Crippen LogP contribution is 2.28. The van der Waals surface area contributed by atoms with Crippen LogP contribution < -0.4 is 10.8 Å². The zero-order chi connectivity index (χ0) is 24.3. The van der Waals surface area contributed by atoms with Crippen LogP contribution in [0.25, 0.3) is 11.1 Å². The molecule has 0 radical (unpaired) electrons. The maximum Gasteiger partial charge on any atom is 0.326 e. The number of carbonyl (C=O) groups excluding carboxylic acids is 2. The molecule has 1 amide bonds. The molecular weight excluding hydrogens is 432 g/mol. The molecule has 0 fully saturated rings. The van der Waals surface area contributed by atoms with E-state index < -0.39 is 29.6 Å². The number of rotatable bonds is 13. The van der Waals surface area contributed by atoms with Gasteiger partial charge in [-0.15, -0.1) is 0 Å². The average Bonchev–Trinajstić information content (AvgIpc) is 3.04. The van der Waals surface area contributed by atoms with Gasteiger partial charge in [0, 0.05) is 6.42 Å². The number of aliphatic carboxylic acids is 1. The van der Waals surface area contributed by atoms with E-state index in [-0.39, 0.29) is 19.4 Å². The van der Waals surface area contributed by atoms with Crippen LogP contribution in [0.15, 0.2) is 72.8 Å². The Hall–Kier alpha value is -3.55. The molecule has 3 rings (SSSR count). The highest BCUT2D eigenvalue weighted by Gasteiger charge is 2.29. The van der Waals surface area contributed by atoms with Crippen LogP contribution in [0, 0.1) is 5.92 Å². The number of hydrogen-bond donors (Lipinski definition) is 4. The molecule has 0 heterocycles. The van der Waals surface area contributed by atoms with Gasteiger partial charge < -0.3 is 15.6 Å². The fourth-order valence-corrected chi connectivity index (χ4v) is 4.12. The molecule has 0 aliphatic heterocycles. The molecule has 0 aromatic heterocycles. The first-order valence-corrected chi connectivity index (χ1v) is 11.4. The highest BCUT2D eigenvalue weighted by atomic mass is 16.5. The Labute approximate surface area is 199 Å². The van der Waals surface area contributed by atoms with Gasteiger partial charge in [0.15, 0.2) is 5.78 Å². The summed E-state index contributed by atoms with van der Waals surface area (Å²) in [6, 6.07) is 22.1. The number of carbonyl (C=O) groups is 3. The molecule has 2 atom stereocenters. The first-order valence-electron chi connectivity index (χ1n) is 11.4. The van der Waals surface area contributed by atoms with Crippen molar-refractivity contribution in [2.45, 2.75) is 38.1 Å². The van der Waals surface area contributed by atoms with Crippen LogP contribution in [-0.2, 0) is 27.2 Å². The molecule has 0 saturated heterocycles. The molecule has 7 heteroatoms. The largest absolute Gasteiger partial charge is 0.480 e. The van der Waals surface area contributed by atoms with Crippen LogP contribution in [0.2, 0.25) is 0 Å². The number of nitrogens with one attached hydrogen (secondary N) is 2. The Morgan fingerprint density at radius 1 is 0.853 bits per heavy atom. The lowest BCUT2D eigenvalue weighted by Gasteiger charge is -2.20. The zero-order valence-electron chi connectivity index (χ0n) is 18.9. The molecule has 0 spiro atoms. The fourth-order valence-electron chi connectivity index (χ4n) is 4.12. The molecule has 4 N–H and O–H groups in total. The summed E-state index contributed by atoms with van der Waals surface area (Å²) in [4.78, 5) is 37.1. The maximum absolute atomic E-state index is 12.9. The van der Waals surface area contributed by atoms with E-state index in [4.69, 9.17) is 5.21 Å². The second kappa shape index (κ2) is 12.6. The highest BCUT2D eigenvalue weighted by molar-refractivity contribution is 6.03. The standard InChI is InChI=1S/C27H30N2O5/c30-25(18-28-34)23(26(31)29-24(27(32)33)17-19-9-3-1-4-10-19)14-8-7-12-21-16-15-20-11-5-2-6-13-22(20)21/h1-6,9-11,13,15-16,23-24,28,34H,7-8,12,14,17-18H2,(H,29,31)(H,32,33)/t23-,24?/m1/s1. The van der Waals surface area contributed by atoms with E-state index in [2.05, 4.69) is 29.6 Å². The summed E-state index contributed by atoms with van der Waals surface area (Å²) in [7, 11) is 0. The third-order valence-electron chi connectivity index (χ3n) is 5.93. The Morgan fingerprint density at radius 2 is 1.56 bits per heavy atom. The van der Waals surface area contributed by atoms with Crippen LogP contribution in [0.1, 0.15) is 30.4 Å². The summed E-state index contributed by atoms with van der Waals surface area (Å²) in [6.45, 7) is -0.376. The molecule has 0 bridgehead atoms. The molecule has 34 heavy (non-hydrogen) atoms. The van der Waals surface area contributed by atoms with E-state index in [1.807, 2.05) is 29.7 Å². The monoisotopic (exact) mass is 462 g/mol. The molecule has 7 nitrogen and oxygen atoms in total. The molecule has 0 saturated carbocycles. The van der Waals surface area contributed by atoms with Crippen LogP contribution in [0.4, 0.5) is 0 Å². The molecule has 2 aliphatic carbocycles. The van der Waals surface area contributed by atoms with E-state index in [1.54, 1.807) is 24.3 Å². The molecular formula is C27H30N2O5. The number of carboxylic acids is 1. The van der Waals surface area contributed by atoms with Crippen molar-refractivity contribution in [1.29, 1.82) is 0 Å². The lowest BCUT2D eigenvalue weighted by atomic mass is 9.93. The Bertz CT molecular complexity index is 1070. The molecule has 178 valence electrons. The minimum absolute atomic E-state index is 0.114. The average molecular weight is 463 g/mol. The second-order valence-corrected chi connectivity index (χ2v) is 8.33. The summed E-state index contributed by atoms with van der Waals surface area (Å²) >= 11 is 0. The lowest BCUT2D eigenvalue weighted by Crippen LogP contribution is -2.47. The van der Waals surface area contributed by atoms with Crippen molar-refractivity contribution < 1.29 is 24.7 Å². The minimum atomic E-state index is -1.17. The van der Waals surface area contributed by atoms with E-state index in [0.29, 0.717) is 6.42 Å². The summed E-state index contributed by atoms with van der Waals surface area (Å²) in [5.74, 6) is -3.31. The number of unbranched alkanes of at least 4 members (excludes halogenated alkanes) is 1. The number of fused-ring (bicyclic) bond motifs is 1. The predicted molar refractivity (Wildman–Crippen MR) is 129 cm³/mol. The number of benzene rings is 1. The topological polar surface area (TPSA) is 116 Å². The second-order valence-electron chi connectivity index (χ2n) is 8.33. The van der Waals surface area contributed by atoms with Crippen LogP contribution in [0.3, 0.4) is 0 Å². The lowest BCUT2D eigenvalue weighted by molar-refractivity contribution is -0.144. The van der Waals surface area contributed by atoms with Crippen molar-refractivity contribution in [2.24, 2.45) is 5.92 Å². The van der Waals surface area contributed by atoms with Crippen molar-refractivity contribution in [3.63, 3.8) is 0 Å². The van der Waals surface area contributed by atoms with Gasteiger partial charge in [-0.05, 0) is 41.5 Å². The van der Waals surface area contributed by atoms with Crippen LogP contribution in [-0.4, -0.2) is 40.6 Å². The number of Topliss-reactive ketones (excluding diaryl/α,β-unsaturated/α-hetero) is 1. The van der Waals surface area contributed by atoms with Crippen molar-refractivity contribution in [3.05, 3.63) is 83.9 Å². The van der Waals surface area contributed by atoms with Gasteiger partial charge in [-0.2, -0.15) is 5.48 Å². The van der Waals surface area contributed by atoms with Crippen molar-refractivity contribution in [3.8, 4) is 11.1 Å². The third kappa shape index (κ3) is 6.97. The SMILES string of the molecule is O=C(O)C(Cc1ccccc1)NC(=O)[C@H](CCCCc1ccc2cccccc1-2)C(=O)CNO. The molecule has 2 aliphatic rings. The summed E-state index contributed by atoms with van der Waals surface area (Å²) in [6.07, 6.45) is 2.57. The Morgan fingerprint density at radius 3 is 2.26 bits per heavy atom. The van der Waals surface area contributed by atoms with Gasteiger partial charge in [-0.25, -0.2) is 4.79 Å². The normalized spacial score (nSPS) is 12.7. The van der Waals surface area contributed by atoms with Crippen LogP contribution >= 0.6 is 0 Å². The minimum Gasteiger partial charge on any atom is -0.480 e. The summed E-state index contributed by atoms with van der Waals surface area (Å²) < 4.78 is 0. The molecule has 1 aromatic carbocycles. The van der Waals surface area contributed by atoms with E-state index in [9.17, 15) is 19.5 Å². The molecule has 1 aromatic rings. The number of aryl methyl sites for hydroxylation is 1. The van der Waals surface area contributed by atoms with E-state index in [1.165, 1.54) is 16.7 Å². The Balaban J connectivity index is 1.60. The summed E-state index contributed by atoms with van der Waals surface area (Å²) in [5.41, 5.74) is 6.14. The predicted octanol–water partition coefficient (Wildman–Crippen LogP) is 3.48. The van der Waals surface area contributed by atoms with Gasteiger partial charge in [0.1, 0.15) is 6.04 Å². The number of hydrogen-bond acceptors (Lipinski definition) is 5. The van der Waals surface area contributed by atoms with Gasteiger partial charge in [-0.3, -0.25) is 9.59 Å². The number of carboxylic acid groups (broad SMARTS) is 1. The van der Waals surface area contributed by atoms with Gasteiger partial charge in [-0.1, -0.05) is 79.2 Å². The van der Waals surface area contributed by atoms with Crippen molar-refractivity contribution >= 4 is 17.7 Å². The number of amides is 1. The first kappa shape index (κ1) is 25.1. The van der Waals surface area contributed by atoms with Gasteiger partial charge in [0.25, 0.3) is 0 Å². The number of hydroxylamine groups is 1. The molecule has 1 unspecified atom stereocenters.